The van der Waals surface area contributed by atoms with Crippen molar-refractivity contribution in [3.8, 4) is 0 Å². The number of nitrogens with one attached hydrogen (secondary N) is 1. The lowest BCUT2D eigenvalue weighted by Crippen LogP contribution is -2.16. The van der Waals surface area contributed by atoms with Gasteiger partial charge in [0.05, 0.1) is 0 Å². The average molecular weight is 218 g/mol. The largest absolute Gasteiger partial charge is 0.317 e. The highest BCUT2D eigenvalue weighted by molar-refractivity contribution is 6.35. The van der Waals surface area contributed by atoms with E-state index in [-0.39, 0.29) is 0 Å². The summed E-state index contributed by atoms with van der Waals surface area (Å²) in [5.41, 5.74) is 1.15. The fraction of sp³-hybridized carbons (Fsp3) is 0.400. The van der Waals surface area contributed by atoms with Crippen LogP contribution in [0, 0.1) is 0 Å². The first-order chi connectivity index (χ1) is 6.24. The molecule has 0 aliphatic carbocycles. The Morgan fingerprint density at radius 3 is 2.69 bits per heavy atom. The van der Waals surface area contributed by atoms with Gasteiger partial charge in [-0.1, -0.05) is 36.2 Å². The summed E-state index contributed by atoms with van der Waals surface area (Å²) in [7, 11) is 0. The first kappa shape index (κ1) is 10.8. The van der Waals surface area contributed by atoms with Gasteiger partial charge in [-0.25, -0.2) is 0 Å². The van der Waals surface area contributed by atoms with Gasteiger partial charge in [-0.3, -0.25) is 0 Å². The first-order valence-electron chi connectivity index (χ1n) is 4.38. The van der Waals surface area contributed by atoms with Gasteiger partial charge in [-0.2, -0.15) is 0 Å². The maximum atomic E-state index is 6.00. The summed E-state index contributed by atoms with van der Waals surface area (Å²) in [6.07, 6.45) is 0.948. The van der Waals surface area contributed by atoms with Gasteiger partial charge in [-0.05, 0) is 37.2 Å². The number of benzene rings is 1. The molecule has 1 aromatic carbocycles. The van der Waals surface area contributed by atoms with Crippen molar-refractivity contribution in [2.45, 2.75) is 13.3 Å². The van der Waals surface area contributed by atoms with Crippen molar-refractivity contribution in [3.05, 3.63) is 33.8 Å². The third kappa shape index (κ3) is 3.55. The van der Waals surface area contributed by atoms with Crippen molar-refractivity contribution in [2.24, 2.45) is 0 Å². The first-order valence-corrected chi connectivity index (χ1v) is 5.14. The molecule has 0 fully saturated rings. The van der Waals surface area contributed by atoms with Crippen LogP contribution in [-0.2, 0) is 6.42 Å². The van der Waals surface area contributed by atoms with Gasteiger partial charge in [0.2, 0.25) is 0 Å². The van der Waals surface area contributed by atoms with Crippen LogP contribution in [0.4, 0.5) is 0 Å². The maximum Gasteiger partial charge on any atom is 0.0453 e. The van der Waals surface area contributed by atoms with Crippen LogP contribution in [0.25, 0.3) is 0 Å². The van der Waals surface area contributed by atoms with Crippen LogP contribution in [0.15, 0.2) is 18.2 Å². The Labute approximate surface area is 89.0 Å². The Bertz CT molecular complexity index is 274. The Balaban J connectivity index is 2.56. The molecule has 1 nitrogen and oxygen atoms in total. The molecule has 0 aliphatic heterocycles. The number of likely N-dealkylation sites (N-methyl/N-ethyl adjacent to an activating group) is 1. The summed E-state index contributed by atoms with van der Waals surface area (Å²) in [5, 5.41) is 4.69. The molecule has 0 atom stereocenters. The Morgan fingerprint density at radius 1 is 1.31 bits per heavy atom. The normalized spacial score (nSPS) is 10.4. The highest BCUT2D eigenvalue weighted by atomic mass is 35.5. The predicted octanol–water partition coefficient (Wildman–Crippen LogP) is 3.15. The summed E-state index contributed by atoms with van der Waals surface area (Å²) in [6, 6.07) is 5.63. The molecule has 1 rings (SSSR count). The number of hydrogen-bond donors (Lipinski definition) is 1. The van der Waals surface area contributed by atoms with Gasteiger partial charge in [0, 0.05) is 10.0 Å². The van der Waals surface area contributed by atoms with E-state index >= 15 is 0 Å². The maximum absolute atomic E-state index is 6.00. The predicted molar refractivity (Wildman–Crippen MR) is 58.7 cm³/mol. The van der Waals surface area contributed by atoms with E-state index in [4.69, 9.17) is 23.2 Å². The van der Waals surface area contributed by atoms with Gasteiger partial charge >= 0.3 is 0 Å². The van der Waals surface area contributed by atoms with Crippen LogP contribution in [0.3, 0.4) is 0 Å². The van der Waals surface area contributed by atoms with E-state index in [1.165, 1.54) is 0 Å². The van der Waals surface area contributed by atoms with E-state index in [0.29, 0.717) is 5.02 Å². The minimum absolute atomic E-state index is 0.692. The lowest BCUT2D eigenvalue weighted by atomic mass is 10.1. The molecular weight excluding hydrogens is 205 g/mol. The van der Waals surface area contributed by atoms with Crippen molar-refractivity contribution < 1.29 is 0 Å². The molecule has 0 bridgehead atoms. The van der Waals surface area contributed by atoms with Gasteiger partial charge < -0.3 is 5.32 Å². The lowest BCUT2D eigenvalue weighted by Gasteiger charge is -2.04. The molecule has 0 saturated heterocycles. The molecule has 3 heteroatoms. The van der Waals surface area contributed by atoms with Crippen molar-refractivity contribution >= 4 is 23.2 Å². The lowest BCUT2D eigenvalue weighted by molar-refractivity contribution is 0.717. The average Bonchev–Trinajstić information content (AvgIpc) is 2.09. The SMILES string of the molecule is CCNCCc1ccc(Cl)cc1Cl. The van der Waals surface area contributed by atoms with Gasteiger partial charge in [-0.15, -0.1) is 0 Å². The zero-order valence-electron chi connectivity index (χ0n) is 7.61. The number of halogens is 2. The van der Waals surface area contributed by atoms with Crippen molar-refractivity contribution in [2.75, 3.05) is 13.1 Å². The van der Waals surface area contributed by atoms with E-state index < -0.39 is 0 Å². The highest BCUT2D eigenvalue weighted by Crippen LogP contribution is 2.20. The smallest absolute Gasteiger partial charge is 0.0453 e. The third-order valence-corrected chi connectivity index (χ3v) is 2.42. The van der Waals surface area contributed by atoms with Crippen molar-refractivity contribution in [1.29, 1.82) is 0 Å². The highest BCUT2D eigenvalue weighted by Gasteiger charge is 1.99. The standard InChI is InChI=1S/C10H13Cl2N/c1-2-13-6-5-8-3-4-9(11)7-10(8)12/h3-4,7,13H,2,5-6H2,1H3. The second-order valence-electron chi connectivity index (χ2n) is 2.84. The Morgan fingerprint density at radius 2 is 2.08 bits per heavy atom. The molecule has 0 amide bonds. The van der Waals surface area contributed by atoms with Crippen molar-refractivity contribution in [3.63, 3.8) is 0 Å². The monoisotopic (exact) mass is 217 g/mol. The van der Waals surface area contributed by atoms with Gasteiger partial charge in [0.15, 0.2) is 0 Å². The van der Waals surface area contributed by atoms with Crippen LogP contribution < -0.4 is 5.32 Å². The molecule has 0 heterocycles. The molecule has 1 N–H and O–H groups in total. The minimum Gasteiger partial charge on any atom is -0.317 e. The number of hydrogen-bond acceptors (Lipinski definition) is 1. The summed E-state index contributed by atoms with van der Waals surface area (Å²) in [4.78, 5) is 0. The molecule has 0 aliphatic rings. The molecule has 0 radical (unpaired) electrons. The molecular formula is C10H13Cl2N. The molecule has 13 heavy (non-hydrogen) atoms. The topological polar surface area (TPSA) is 12.0 Å². The third-order valence-electron chi connectivity index (χ3n) is 1.84. The second-order valence-corrected chi connectivity index (χ2v) is 3.68. The van der Waals surface area contributed by atoms with Crippen molar-refractivity contribution in [1.82, 2.24) is 5.32 Å². The van der Waals surface area contributed by atoms with Crippen LogP contribution >= 0.6 is 23.2 Å². The fourth-order valence-corrected chi connectivity index (χ4v) is 1.63. The second kappa shape index (κ2) is 5.48. The van der Waals surface area contributed by atoms with E-state index in [9.17, 15) is 0 Å². The van der Waals surface area contributed by atoms with Gasteiger partial charge in [0.1, 0.15) is 0 Å². The minimum atomic E-state index is 0.692. The quantitative estimate of drug-likeness (QED) is 0.765. The fourth-order valence-electron chi connectivity index (χ4n) is 1.12. The van der Waals surface area contributed by atoms with Gasteiger partial charge in [0.25, 0.3) is 0 Å². The molecule has 0 saturated carbocycles. The molecule has 1 aromatic rings. The van der Waals surface area contributed by atoms with Crippen LogP contribution in [0.5, 0.6) is 0 Å². The molecule has 72 valence electrons. The molecule has 0 aromatic heterocycles. The van der Waals surface area contributed by atoms with Crippen LogP contribution in [0.1, 0.15) is 12.5 Å². The summed E-state index contributed by atoms with van der Waals surface area (Å²) < 4.78 is 0. The van der Waals surface area contributed by atoms with E-state index in [1.807, 2.05) is 12.1 Å². The zero-order chi connectivity index (χ0) is 9.68. The Kier molecular flexibility index (Phi) is 4.57. The van der Waals surface area contributed by atoms with Crippen LogP contribution in [-0.4, -0.2) is 13.1 Å². The summed E-state index contributed by atoms with van der Waals surface area (Å²) in [5.74, 6) is 0. The van der Waals surface area contributed by atoms with E-state index in [1.54, 1.807) is 6.07 Å². The van der Waals surface area contributed by atoms with Crippen LogP contribution in [0.2, 0.25) is 10.0 Å². The zero-order valence-corrected chi connectivity index (χ0v) is 9.12. The van der Waals surface area contributed by atoms with E-state index in [2.05, 4.69) is 12.2 Å². The summed E-state index contributed by atoms with van der Waals surface area (Å²) in [6.45, 7) is 4.03. The molecule has 0 spiro atoms. The molecule has 0 unspecified atom stereocenters. The Hall–Kier alpha value is -0.240. The summed E-state index contributed by atoms with van der Waals surface area (Å²) >= 11 is 11.8. The van der Waals surface area contributed by atoms with E-state index in [0.717, 1.165) is 30.1 Å². The number of rotatable bonds is 4.